The minimum absolute atomic E-state index is 0. The van der Waals surface area contributed by atoms with Gasteiger partial charge in [0.15, 0.2) is 11.6 Å². The highest BCUT2D eigenvalue weighted by molar-refractivity contribution is 7.59. The Morgan fingerprint density at radius 3 is 2.58 bits per heavy atom. The number of ether oxygens (including phenoxy) is 2. The molecule has 0 unspecified atom stereocenters. The molecule has 1 atom stereocenters. The Kier molecular flexibility index (Phi) is 5.06. The molecule has 2 aliphatic rings. The second-order valence-electron chi connectivity index (χ2n) is 6.91. The molecule has 4 rings (SSSR count). The van der Waals surface area contributed by atoms with E-state index in [1.165, 1.54) is 12.1 Å². The summed E-state index contributed by atoms with van der Waals surface area (Å²) in [4.78, 5) is 13.2. The number of fused-ring (bicyclic) bond motifs is 2. The van der Waals surface area contributed by atoms with Gasteiger partial charge in [-0.3, -0.25) is 4.79 Å². The van der Waals surface area contributed by atoms with Gasteiger partial charge in [0.25, 0.3) is 0 Å². The molecule has 2 aromatic carbocycles. The van der Waals surface area contributed by atoms with Crippen molar-refractivity contribution in [3.05, 3.63) is 76.6 Å². The zero-order chi connectivity index (χ0) is 17.6. The van der Waals surface area contributed by atoms with Crippen molar-refractivity contribution in [1.82, 2.24) is 0 Å². The van der Waals surface area contributed by atoms with Gasteiger partial charge in [0.2, 0.25) is 0 Å². The molecule has 1 fully saturated rings. The van der Waals surface area contributed by atoms with E-state index in [4.69, 9.17) is 9.47 Å². The Balaban J connectivity index is 0.00000196. The summed E-state index contributed by atoms with van der Waals surface area (Å²) >= 11 is 0. The van der Waals surface area contributed by atoms with Crippen LogP contribution < -0.4 is 0 Å². The molecule has 1 saturated heterocycles. The van der Waals surface area contributed by atoms with Gasteiger partial charge in [-0.25, -0.2) is 4.39 Å². The monoisotopic (exact) mass is 372 g/mol. The Labute approximate surface area is 159 Å². The second kappa shape index (κ2) is 6.99. The fraction of sp³-hybridized carbons (Fsp3) is 0.286. The summed E-state index contributed by atoms with van der Waals surface area (Å²) in [5.41, 5.74) is 3.72. The first-order valence-electron chi connectivity index (χ1n) is 8.38. The van der Waals surface area contributed by atoms with E-state index in [-0.39, 0.29) is 25.4 Å². The zero-order valence-electron chi connectivity index (χ0n) is 14.7. The molecule has 26 heavy (non-hydrogen) atoms. The summed E-state index contributed by atoms with van der Waals surface area (Å²) in [6.07, 6.45) is 2.11. The Morgan fingerprint density at radius 1 is 1.12 bits per heavy atom. The fourth-order valence-electron chi connectivity index (χ4n) is 3.47. The number of Topliss-reactive ketones (excluding diaryl/α,β-unsaturated/α-hetero) is 1. The van der Waals surface area contributed by atoms with E-state index < -0.39 is 11.6 Å². The molecule has 1 aliphatic carbocycles. The van der Waals surface area contributed by atoms with Crippen LogP contribution in [0.4, 0.5) is 4.39 Å². The zero-order valence-corrected chi connectivity index (χ0v) is 15.7. The molecule has 2 aromatic rings. The number of carbonyl (C=O) groups is 1. The van der Waals surface area contributed by atoms with Gasteiger partial charge in [-0.1, -0.05) is 30.3 Å². The molecular formula is C21H21FO3S. The van der Waals surface area contributed by atoms with Crippen LogP contribution in [0.2, 0.25) is 0 Å². The van der Waals surface area contributed by atoms with Crippen molar-refractivity contribution < 1.29 is 18.7 Å². The van der Waals surface area contributed by atoms with Crippen LogP contribution in [-0.4, -0.2) is 24.3 Å². The number of hydrogen-bond acceptors (Lipinski definition) is 3. The average molecular weight is 372 g/mol. The van der Waals surface area contributed by atoms with Gasteiger partial charge in [-0.2, -0.15) is 13.5 Å². The van der Waals surface area contributed by atoms with Gasteiger partial charge in [-0.15, -0.1) is 0 Å². The molecular weight excluding hydrogens is 351 g/mol. The lowest BCUT2D eigenvalue weighted by Crippen LogP contribution is -2.21. The summed E-state index contributed by atoms with van der Waals surface area (Å²) in [5.74, 6) is -1.24. The van der Waals surface area contributed by atoms with E-state index >= 15 is 0 Å². The number of halogens is 1. The highest BCUT2D eigenvalue weighted by atomic mass is 32.1. The molecule has 0 bridgehead atoms. The summed E-state index contributed by atoms with van der Waals surface area (Å²) in [6, 6.07) is 12.2. The molecule has 5 heteroatoms. The van der Waals surface area contributed by atoms with Crippen LogP contribution >= 0.6 is 13.5 Å². The molecule has 0 N–H and O–H groups in total. The van der Waals surface area contributed by atoms with E-state index in [9.17, 15) is 9.18 Å². The molecule has 0 spiro atoms. The highest BCUT2D eigenvalue weighted by Gasteiger charge is 2.33. The molecule has 0 radical (unpaired) electrons. The van der Waals surface area contributed by atoms with Gasteiger partial charge in [-0.05, 0) is 55.2 Å². The first-order chi connectivity index (χ1) is 11.9. The number of carbonyl (C=O) groups excluding carboxylic acids is 1. The Bertz CT molecular complexity index is 889. The SMILES string of the molecule is CC1(C)OC[C@H](/C=C2/C(=O)c3cc(F)ccc3Cc3ccccc32)O1.S. The molecule has 0 aromatic heterocycles. The van der Waals surface area contributed by atoms with Crippen LogP contribution in [0, 0.1) is 5.82 Å². The normalized spacial score (nSPS) is 22.3. The Hall–Kier alpha value is -1.95. The lowest BCUT2D eigenvalue weighted by atomic mass is 9.95. The third-order valence-corrected chi connectivity index (χ3v) is 4.63. The van der Waals surface area contributed by atoms with Crippen LogP contribution in [0.3, 0.4) is 0 Å². The summed E-state index contributed by atoms with van der Waals surface area (Å²) in [7, 11) is 0. The fourth-order valence-corrected chi connectivity index (χ4v) is 3.47. The smallest absolute Gasteiger partial charge is 0.193 e. The first kappa shape index (κ1) is 18.8. The van der Waals surface area contributed by atoms with Crippen LogP contribution in [0.15, 0.2) is 48.5 Å². The van der Waals surface area contributed by atoms with Gasteiger partial charge in [0.05, 0.1) is 6.61 Å². The van der Waals surface area contributed by atoms with Gasteiger partial charge < -0.3 is 9.47 Å². The number of benzene rings is 2. The summed E-state index contributed by atoms with van der Waals surface area (Å²) < 4.78 is 25.2. The third-order valence-electron chi connectivity index (χ3n) is 4.63. The minimum atomic E-state index is -0.668. The van der Waals surface area contributed by atoms with E-state index in [1.54, 1.807) is 6.07 Å². The maximum Gasteiger partial charge on any atom is 0.193 e. The lowest BCUT2D eigenvalue weighted by molar-refractivity contribution is -0.133. The molecule has 1 heterocycles. The van der Waals surface area contributed by atoms with Gasteiger partial charge in [0, 0.05) is 11.1 Å². The van der Waals surface area contributed by atoms with Gasteiger partial charge in [0.1, 0.15) is 11.9 Å². The average Bonchev–Trinajstić information content (AvgIpc) is 2.87. The number of rotatable bonds is 1. The van der Waals surface area contributed by atoms with Crippen LogP contribution in [0.25, 0.3) is 5.57 Å². The van der Waals surface area contributed by atoms with Crippen molar-refractivity contribution in [3.63, 3.8) is 0 Å². The summed E-state index contributed by atoms with van der Waals surface area (Å²) in [6.45, 7) is 4.08. The Morgan fingerprint density at radius 2 is 1.85 bits per heavy atom. The van der Waals surface area contributed by atoms with E-state index in [0.29, 0.717) is 24.2 Å². The van der Waals surface area contributed by atoms with Crippen LogP contribution in [0.5, 0.6) is 0 Å². The van der Waals surface area contributed by atoms with Crippen LogP contribution in [-0.2, 0) is 15.9 Å². The minimum Gasteiger partial charge on any atom is -0.347 e. The summed E-state index contributed by atoms with van der Waals surface area (Å²) in [5, 5.41) is 0. The van der Waals surface area contributed by atoms with E-state index in [0.717, 1.165) is 16.7 Å². The van der Waals surface area contributed by atoms with Crippen molar-refractivity contribution in [1.29, 1.82) is 0 Å². The standard InChI is InChI=1S/C21H19FO3.H2S/c1-21(2)24-12-16(25-21)11-19-17-6-4-3-5-13(17)9-14-7-8-15(22)10-18(14)20(19)23;/h3-8,10-11,16H,9,12H2,1-2H3;1H2/b19-11+;/t16-;/m0./s1. The largest absolute Gasteiger partial charge is 0.347 e. The second-order valence-corrected chi connectivity index (χ2v) is 6.91. The number of ketones is 1. The van der Waals surface area contributed by atoms with Crippen LogP contribution in [0.1, 0.15) is 40.9 Å². The molecule has 0 amide bonds. The topological polar surface area (TPSA) is 35.5 Å². The number of hydrogen-bond donors (Lipinski definition) is 0. The maximum absolute atomic E-state index is 13.7. The first-order valence-corrected chi connectivity index (χ1v) is 8.38. The van der Waals surface area contributed by atoms with E-state index in [1.807, 2.05) is 44.2 Å². The maximum atomic E-state index is 13.7. The van der Waals surface area contributed by atoms with Gasteiger partial charge >= 0.3 is 0 Å². The van der Waals surface area contributed by atoms with Crippen molar-refractivity contribution >= 4 is 24.9 Å². The predicted octanol–water partition coefficient (Wildman–Crippen LogP) is 4.26. The van der Waals surface area contributed by atoms with Crippen molar-refractivity contribution in [2.45, 2.75) is 32.2 Å². The van der Waals surface area contributed by atoms with Crippen molar-refractivity contribution in [3.8, 4) is 0 Å². The quantitative estimate of drug-likeness (QED) is 0.702. The highest BCUT2D eigenvalue weighted by Crippen LogP contribution is 2.33. The molecule has 0 saturated carbocycles. The molecule has 3 nitrogen and oxygen atoms in total. The third kappa shape index (κ3) is 3.47. The lowest BCUT2D eigenvalue weighted by Gasteiger charge is -2.16. The predicted molar refractivity (Wildman–Crippen MR) is 103 cm³/mol. The van der Waals surface area contributed by atoms with Crippen molar-refractivity contribution in [2.24, 2.45) is 0 Å². The van der Waals surface area contributed by atoms with Crippen molar-refractivity contribution in [2.75, 3.05) is 6.61 Å². The molecule has 136 valence electrons. The number of allylic oxidation sites excluding steroid dienone is 1. The van der Waals surface area contributed by atoms with E-state index in [2.05, 4.69) is 0 Å². The molecule has 1 aliphatic heterocycles.